The zero-order valence-corrected chi connectivity index (χ0v) is 11.8. The van der Waals surface area contributed by atoms with Gasteiger partial charge in [0.25, 0.3) is 0 Å². The van der Waals surface area contributed by atoms with E-state index < -0.39 is 31.1 Å². The van der Waals surface area contributed by atoms with Crippen LogP contribution in [0.2, 0.25) is 0 Å². The Labute approximate surface area is 112 Å². The van der Waals surface area contributed by atoms with Crippen LogP contribution < -0.4 is 0 Å². The molecule has 19 heavy (non-hydrogen) atoms. The molecule has 0 fully saturated rings. The number of hydrogen-bond donors (Lipinski definition) is 2. The summed E-state index contributed by atoms with van der Waals surface area (Å²) < 4.78 is 0. The van der Waals surface area contributed by atoms with Gasteiger partial charge >= 0.3 is 18.0 Å². The average Bonchev–Trinajstić information content (AvgIpc) is 2.23. The minimum absolute atomic E-state index is 0.0856. The van der Waals surface area contributed by atoms with Gasteiger partial charge in [-0.15, -0.1) is 0 Å². The normalized spacial score (nSPS) is 12.1. The largest absolute Gasteiger partial charge is 0.480 e. The summed E-state index contributed by atoms with van der Waals surface area (Å²) in [6.07, 6.45) is 0.760. The molecule has 0 aliphatic rings. The highest BCUT2D eigenvalue weighted by Crippen LogP contribution is 2.11. The highest BCUT2D eigenvalue weighted by Gasteiger charge is 2.25. The van der Waals surface area contributed by atoms with E-state index in [4.69, 9.17) is 10.2 Å². The first-order valence-electron chi connectivity index (χ1n) is 6.10. The van der Waals surface area contributed by atoms with Crippen LogP contribution in [-0.4, -0.2) is 64.2 Å². The molecule has 2 amide bonds. The Morgan fingerprint density at radius 3 is 1.74 bits per heavy atom. The number of carbonyl (C=O) groups excluding carboxylic acids is 1. The Balaban J connectivity index is 4.76. The molecule has 0 rings (SSSR count). The number of nitrogens with zero attached hydrogens (tertiary/aromatic N) is 2. The minimum atomic E-state index is -1.24. The fraction of sp³-hybridized carbons (Fsp3) is 0.750. The lowest BCUT2D eigenvalue weighted by atomic mass is 10.0. The molecule has 1 unspecified atom stereocenters. The Hall–Kier alpha value is -1.79. The third-order valence-corrected chi connectivity index (χ3v) is 2.70. The van der Waals surface area contributed by atoms with Crippen molar-refractivity contribution in [3.05, 3.63) is 0 Å². The molecule has 2 N–H and O–H groups in total. The molecule has 7 nitrogen and oxygen atoms in total. The summed E-state index contributed by atoms with van der Waals surface area (Å²) in [5, 5.41) is 17.4. The zero-order valence-electron chi connectivity index (χ0n) is 11.8. The second-order valence-corrected chi connectivity index (χ2v) is 5.02. The molecule has 110 valence electrons. The van der Waals surface area contributed by atoms with Crippen molar-refractivity contribution < 1.29 is 24.6 Å². The van der Waals surface area contributed by atoms with Crippen LogP contribution in [0.5, 0.6) is 0 Å². The van der Waals surface area contributed by atoms with Gasteiger partial charge in [-0.2, -0.15) is 0 Å². The molecular formula is C12H22N2O5. The fourth-order valence-electron chi connectivity index (χ4n) is 1.77. The second-order valence-electron chi connectivity index (χ2n) is 5.02. The number of amides is 2. The van der Waals surface area contributed by atoms with Gasteiger partial charge in [-0.1, -0.05) is 13.8 Å². The quantitative estimate of drug-likeness (QED) is 0.720. The second kappa shape index (κ2) is 7.60. The van der Waals surface area contributed by atoms with Crippen molar-refractivity contribution >= 4 is 18.0 Å². The molecule has 0 spiro atoms. The molecule has 0 aromatic heterocycles. The molecular weight excluding hydrogens is 252 g/mol. The van der Waals surface area contributed by atoms with Crippen molar-refractivity contribution in [3.63, 3.8) is 0 Å². The van der Waals surface area contributed by atoms with Crippen LogP contribution in [0, 0.1) is 5.92 Å². The SMILES string of the molecule is CC(C)CC(C)N(C)C(=O)N(CC(=O)O)CC(=O)O. The van der Waals surface area contributed by atoms with Crippen molar-refractivity contribution in [2.75, 3.05) is 20.1 Å². The van der Waals surface area contributed by atoms with Crippen molar-refractivity contribution in [3.8, 4) is 0 Å². The van der Waals surface area contributed by atoms with Crippen molar-refractivity contribution in [1.82, 2.24) is 9.80 Å². The molecule has 7 heteroatoms. The topological polar surface area (TPSA) is 98.2 Å². The van der Waals surface area contributed by atoms with Gasteiger partial charge in [0.2, 0.25) is 0 Å². The number of aliphatic carboxylic acids is 2. The number of urea groups is 1. The molecule has 0 aliphatic heterocycles. The average molecular weight is 274 g/mol. The molecule has 0 saturated carbocycles. The lowest BCUT2D eigenvalue weighted by molar-refractivity contribution is -0.140. The first-order chi connectivity index (χ1) is 8.65. The molecule has 0 aromatic carbocycles. The van der Waals surface area contributed by atoms with Gasteiger partial charge in [-0.25, -0.2) is 4.79 Å². The number of rotatable bonds is 7. The maximum atomic E-state index is 12.1. The zero-order chi connectivity index (χ0) is 15.2. The summed E-state index contributed by atoms with van der Waals surface area (Å²) in [7, 11) is 1.55. The standard InChI is InChI=1S/C12H22N2O5/c1-8(2)5-9(3)13(4)12(19)14(6-10(15)16)7-11(17)18/h8-9H,5-7H2,1-4H3,(H,15,16)(H,17,18). The third kappa shape index (κ3) is 6.64. The van der Waals surface area contributed by atoms with Gasteiger partial charge in [-0.05, 0) is 19.3 Å². The maximum Gasteiger partial charge on any atom is 0.323 e. The Morgan fingerprint density at radius 2 is 1.42 bits per heavy atom. The monoisotopic (exact) mass is 274 g/mol. The summed E-state index contributed by atoms with van der Waals surface area (Å²) >= 11 is 0. The van der Waals surface area contributed by atoms with Crippen LogP contribution in [-0.2, 0) is 9.59 Å². The summed E-state index contributed by atoms with van der Waals surface area (Å²) in [5.74, 6) is -2.09. The van der Waals surface area contributed by atoms with Crippen LogP contribution in [0.4, 0.5) is 4.79 Å². The van der Waals surface area contributed by atoms with Crippen molar-refractivity contribution in [1.29, 1.82) is 0 Å². The number of hydrogen-bond acceptors (Lipinski definition) is 3. The summed E-state index contributed by atoms with van der Waals surface area (Å²) in [6, 6.07) is -0.671. The van der Waals surface area contributed by atoms with E-state index in [9.17, 15) is 14.4 Å². The van der Waals surface area contributed by atoms with Gasteiger partial charge in [0, 0.05) is 13.1 Å². The molecule has 0 bridgehead atoms. The molecule has 0 radical (unpaired) electrons. The predicted octanol–water partition coefficient (Wildman–Crippen LogP) is 0.944. The van der Waals surface area contributed by atoms with Gasteiger partial charge in [0.1, 0.15) is 13.1 Å². The van der Waals surface area contributed by atoms with E-state index in [2.05, 4.69) is 0 Å². The number of carboxylic acid groups (broad SMARTS) is 2. The van der Waals surface area contributed by atoms with E-state index >= 15 is 0 Å². The number of carbonyl (C=O) groups is 3. The lowest BCUT2D eigenvalue weighted by Gasteiger charge is -2.31. The maximum absolute atomic E-state index is 12.1. The summed E-state index contributed by atoms with van der Waals surface area (Å²) in [5.41, 5.74) is 0. The van der Waals surface area contributed by atoms with E-state index in [1.807, 2.05) is 20.8 Å². The van der Waals surface area contributed by atoms with E-state index in [0.717, 1.165) is 11.3 Å². The predicted molar refractivity (Wildman–Crippen MR) is 68.9 cm³/mol. The first-order valence-corrected chi connectivity index (χ1v) is 6.10. The smallest absolute Gasteiger partial charge is 0.323 e. The van der Waals surface area contributed by atoms with Crippen molar-refractivity contribution in [2.45, 2.75) is 33.2 Å². The van der Waals surface area contributed by atoms with Crippen molar-refractivity contribution in [2.24, 2.45) is 5.92 Å². The van der Waals surface area contributed by atoms with Crippen LogP contribution in [0.15, 0.2) is 0 Å². The summed E-state index contributed by atoms with van der Waals surface area (Å²) in [6.45, 7) is 4.63. The van der Waals surface area contributed by atoms with Crippen LogP contribution in [0.3, 0.4) is 0 Å². The fourth-order valence-corrected chi connectivity index (χ4v) is 1.77. The van der Waals surface area contributed by atoms with Gasteiger partial charge < -0.3 is 20.0 Å². The van der Waals surface area contributed by atoms with Crippen LogP contribution >= 0.6 is 0 Å². The highest BCUT2D eigenvalue weighted by atomic mass is 16.4. The molecule has 0 heterocycles. The number of carboxylic acids is 2. The van der Waals surface area contributed by atoms with Gasteiger partial charge in [-0.3, -0.25) is 9.59 Å². The lowest BCUT2D eigenvalue weighted by Crippen LogP contribution is -2.48. The molecule has 1 atom stereocenters. The van der Waals surface area contributed by atoms with Gasteiger partial charge in [0.05, 0.1) is 0 Å². The third-order valence-electron chi connectivity index (χ3n) is 2.70. The minimum Gasteiger partial charge on any atom is -0.480 e. The van der Waals surface area contributed by atoms with E-state index in [-0.39, 0.29) is 6.04 Å². The Kier molecular flexibility index (Phi) is 6.89. The van der Waals surface area contributed by atoms with E-state index in [1.54, 1.807) is 7.05 Å². The Morgan fingerprint density at radius 1 is 1.00 bits per heavy atom. The Bertz CT molecular complexity index is 327. The summed E-state index contributed by atoms with van der Waals surface area (Å²) in [4.78, 5) is 35.6. The van der Waals surface area contributed by atoms with Gasteiger partial charge in [0.15, 0.2) is 0 Å². The molecule has 0 saturated heterocycles. The van der Waals surface area contributed by atoms with Crippen LogP contribution in [0.1, 0.15) is 27.2 Å². The van der Waals surface area contributed by atoms with Crippen LogP contribution in [0.25, 0.3) is 0 Å². The molecule has 0 aromatic rings. The first kappa shape index (κ1) is 17.2. The van der Waals surface area contributed by atoms with E-state index in [1.165, 1.54) is 4.90 Å². The highest BCUT2D eigenvalue weighted by molar-refractivity contribution is 5.84. The molecule has 0 aliphatic carbocycles. The van der Waals surface area contributed by atoms with E-state index in [0.29, 0.717) is 5.92 Å².